The van der Waals surface area contributed by atoms with Crippen LogP contribution < -0.4 is 16.0 Å². The lowest BCUT2D eigenvalue weighted by Gasteiger charge is -2.12. The van der Waals surface area contributed by atoms with Crippen molar-refractivity contribution < 1.29 is 14.0 Å². The molecule has 3 N–H and O–H groups in total. The smallest absolute Gasteiger partial charge is 0.254 e. The lowest BCUT2D eigenvalue weighted by Crippen LogP contribution is -2.19. The van der Waals surface area contributed by atoms with Crippen LogP contribution in [0.25, 0.3) is 11.7 Å². The van der Waals surface area contributed by atoms with E-state index >= 15 is 0 Å². The molecule has 5 rings (SSSR count). The molecule has 1 aliphatic heterocycles. The zero-order chi connectivity index (χ0) is 21.5. The van der Waals surface area contributed by atoms with Gasteiger partial charge in [-0.25, -0.2) is 9.37 Å². The van der Waals surface area contributed by atoms with E-state index in [0.29, 0.717) is 38.7 Å². The molecule has 3 aromatic rings. The zero-order valence-electron chi connectivity index (χ0n) is 16.3. The van der Waals surface area contributed by atoms with Crippen molar-refractivity contribution in [3.63, 3.8) is 0 Å². The molecular weight excluding hydrogens is 467 g/mol. The molecule has 0 atom stereocenters. The van der Waals surface area contributed by atoms with Gasteiger partial charge in [0.05, 0.1) is 12.6 Å². The Morgan fingerprint density at radius 2 is 2.13 bits per heavy atom. The van der Waals surface area contributed by atoms with Crippen molar-refractivity contribution in [2.24, 2.45) is 0 Å². The number of fused-ring (bicyclic) bond motifs is 1. The largest absolute Gasteiger partial charge is 0.367 e. The standard InChI is InChI=1S/C21H18BrFN6O2/c22-14-2-1-11(16(23)7-14)9-24-17-8-18(26-15-3-4-15)29-20(27-17)13(10-25-29)5-12-6-19(30)28-21(12)31/h1-2,5,7-8,10,15,26H,3-4,6,9H2,(H,24,27)(H,28,30,31)/b12-5+. The van der Waals surface area contributed by atoms with Crippen LogP contribution in [0.3, 0.4) is 0 Å². The van der Waals surface area contributed by atoms with Crippen molar-refractivity contribution in [3.05, 3.63) is 57.5 Å². The molecular formula is C21H18BrFN6O2. The molecule has 1 saturated heterocycles. The van der Waals surface area contributed by atoms with E-state index in [-0.39, 0.29) is 24.7 Å². The second-order valence-electron chi connectivity index (χ2n) is 7.59. The van der Waals surface area contributed by atoms with Crippen LogP contribution in [0, 0.1) is 5.82 Å². The summed E-state index contributed by atoms with van der Waals surface area (Å²) < 4.78 is 16.5. The van der Waals surface area contributed by atoms with E-state index in [4.69, 9.17) is 0 Å². The highest BCUT2D eigenvalue weighted by atomic mass is 79.9. The minimum Gasteiger partial charge on any atom is -0.367 e. The van der Waals surface area contributed by atoms with Gasteiger partial charge in [0.15, 0.2) is 5.65 Å². The first-order valence-electron chi connectivity index (χ1n) is 9.84. The Morgan fingerprint density at radius 3 is 2.84 bits per heavy atom. The number of rotatable bonds is 6. The van der Waals surface area contributed by atoms with Crippen molar-refractivity contribution in [2.75, 3.05) is 10.6 Å². The molecule has 0 radical (unpaired) electrons. The molecule has 2 amide bonds. The normalized spacial score (nSPS) is 17.4. The zero-order valence-corrected chi connectivity index (χ0v) is 17.9. The molecule has 0 bridgehead atoms. The predicted molar refractivity (Wildman–Crippen MR) is 117 cm³/mol. The minimum absolute atomic E-state index is 0.0319. The number of imide groups is 1. The van der Waals surface area contributed by atoms with Gasteiger partial charge in [-0.1, -0.05) is 22.0 Å². The summed E-state index contributed by atoms with van der Waals surface area (Å²) in [6.07, 6.45) is 5.44. The van der Waals surface area contributed by atoms with Gasteiger partial charge in [-0.15, -0.1) is 0 Å². The monoisotopic (exact) mass is 484 g/mol. The maximum Gasteiger partial charge on any atom is 0.254 e. The number of carbonyl (C=O) groups is 2. The summed E-state index contributed by atoms with van der Waals surface area (Å²) in [4.78, 5) is 28.1. The van der Waals surface area contributed by atoms with Gasteiger partial charge in [-0.05, 0) is 31.1 Å². The Morgan fingerprint density at radius 1 is 1.29 bits per heavy atom. The van der Waals surface area contributed by atoms with E-state index in [9.17, 15) is 14.0 Å². The Hall–Kier alpha value is -3.27. The second kappa shape index (κ2) is 7.77. The number of anilines is 2. The molecule has 10 heteroatoms. The molecule has 0 spiro atoms. The fraction of sp³-hybridized carbons (Fsp3) is 0.238. The van der Waals surface area contributed by atoms with Gasteiger partial charge < -0.3 is 10.6 Å². The summed E-state index contributed by atoms with van der Waals surface area (Å²) in [6.45, 7) is 0.257. The molecule has 2 fully saturated rings. The van der Waals surface area contributed by atoms with E-state index in [1.54, 1.807) is 28.9 Å². The lowest BCUT2D eigenvalue weighted by molar-refractivity contribution is -0.124. The van der Waals surface area contributed by atoms with Crippen molar-refractivity contribution in [3.8, 4) is 0 Å². The van der Waals surface area contributed by atoms with Gasteiger partial charge in [0, 0.05) is 39.8 Å². The van der Waals surface area contributed by atoms with Gasteiger partial charge in [-0.3, -0.25) is 14.9 Å². The maximum atomic E-state index is 14.2. The third-order valence-corrected chi connectivity index (χ3v) is 5.62. The fourth-order valence-corrected chi connectivity index (χ4v) is 3.70. The van der Waals surface area contributed by atoms with E-state index in [2.05, 4.69) is 42.0 Å². The third-order valence-electron chi connectivity index (χ3n) is 5.13. The van der Waals surface area contributed by atoms with Crippen LogP contribution in [0.15, 0.2) is 40.5 Å². The van der Waals surface area contributed by atoms with E-state index in [1.807, 2.05) is 6.07 Å². The quantitative estimate of drug-likeness (QED) is 0.366. The van der Waals surface area contributed by atoms with Gasteiger partial charge >= 0.3 is 0 Å². The van der Waals surface area contributed by atoms with Gasteiger partial charge in [0.2, 0.25) is 5.91 Å². The summed E-state index contributed by atoms with van der Waals surface area (Å²) in [5.41, 5.74) is 2.04. The Kier molecular flexibility index (Phi) is 4.93. The highest BCUT2D eigenvalue weighted by Gasteiger charge is 2.25. The van der Waals surface area contributed by atoms with Crippen LogP contribution in [0.4, 0.5) is 16.0 Å². The number of carbonyl (C=O) groups excluding carboxylic acids is 2. The van der Waals surface area contributed by atoms with Crippen LogP contribution in [0.5, 0.6) is 0 Å². The van der Waals surface area contributed by atoms with Crippen LogP contribution in [-0.2, 0) is 16.1 Å². The van der Waals surface area contributed by atoms with Crippen molar-refractivity contribution in [1.29, 1.82) is 0 Å². The number of nitrogens with zero attached hydrogens (tertiary/aromatic N) is 3. The number of nitrogens with one attached hydrogen (secondary N) is 3. The highest BCUT2D eigenvalue weighted by Crippen LogP contribution is 2.28. The average molecular weight is 485 g/mol. The molecule has 158 valence electrons. The number of amides is 2. The Balaban J connectivity index is 1.49. The molecule has 2 aliphatic rings. The minimum atomic E-state index is -0.402. The molecule has 2 aromatic heterocycles. The fourth-order valence-electron chi connectivity index (χ4n) is 3.37. The van der Waals surface area contributed by atoms with Crippen LogP contribution >= 0.6 is 15.9 Å². The molecule has 1 saturated carbocycles. The first-order valence-corrected chi connectivity index (χ1v) is 10.6. The van der Waals surface area contributed by atoms with Gasteiger partial charge in [-0.2, -0.15) is 9.61 Å². The number of hydrogen-bond acceptors (Lipinski definition) is 6. The summed E-state index contributed by atoms with van der Waals surface area (Å²) >= 11 is 3.26. The third kappa shape index (κ3) is 4.15. The topological polar surface area (TPSA) is 100 Å². The van der Waals surface area contributed by atoms with E-state index < -0.39 is 5.91 Å². The number of halogens is 2. The SMILES string of the molecule is O=C1C/C(=C\c2cnn3c(NC4CC4)cc(NCc4ccc(Br)cc4F)nc23)C(=O)N1. The maximum absolute atomic E-state index is 14.2. The molecule has 1 aromatic carbocycles. The summed E-state index contributed by atoms with van der Waals surface area (Å²) in [7, 11) is 0. The van der Waals surface area contributed by atoms with Crippen molar-refractivity contribution >= 4 is 51.1 Å². The molecule has 0 unspecified atom stereocenters. The summed E-state index contributed by atoms with van der Waals surface area (Å²) in [5.74, 6) is 0.259. The lowest BCUT2D eigenvalue weighted by atomic mass is 10.1. The number of aromatic nitrogens is 3. The van der Waals surface area contributed by atoms with Gasteiger partial charge in [0.25, 0.3) is 5.91 Å². The Bertz CT molecular complexity index is 1250. The molecule has 31 heavy (non-hydrogen) atoms. The Labute approximate surface area is 185 Å². The van der Waals surface area contributed by atoms with Crippen LogP contribution in [-0.4, -0.2) is 32.5 Å². The average Bonchev–Trinajstić information content (AvgIpc) is 3.36. The van der Waals surface area contributed by atoms with Crippen molar-refractivity contribution in [1.82, 2.24) is 19.9 Å². The molecule has 1 aliphatic carbocycles. The first kappa shape index (κ1) is 19.7. The van der Waals surface area contributed by atoms with Crippen LogP contribution in [0.1, 0.15) is 30.4 Å². The second-order valence-corrected chi connectivity index (χ2v) is 8.51. The number of benzene rings is 1. The summed E-state index contributed by atoms with van der Waals surface area (Å²) in [5, 5.41) is 13.3. The summed E-state index contributed by atoms with van der Waals surface area (Å²) in [6, 6.07) is 7.12. The first-order chi connectivity index (χ1) is 15.0. The van der Waals surface area contributed by atoms with Crippen LogP contribution in [0.2, 0.25) is 0 Å². The van der Waals surface area contributed by atoms with E-state index in [1.165, 1.54) is 6.07 Å². The highest BCUT2D eigenvalue weighted by molar-refractivity contribution is 9.10. The molecule has 8 nitrogen and oxygen atoms in total. The van der Waals surface area contributed by atoms with Gasteiger partial charge in [0.1, 0.15) is 17.5 Å². The van der Waals surface area contributed by atoms with E-state index in [0.717, 1.165) is 18.7 Å². The van der Waals surface area contributed by atoms with Crippen molar-refractivity contribution in [2.45, 2.75) is 31.8 Å². The number of hydrogen-bond donors (Lipinski definition) is 3. The molecule has 3 heterocycles. The predicted octanol–water partition coefficient (Wildman–Crippen LogP) is 3.25.